The van der Waals surface area contributed by atoms with Crippen molar-refractivity contribution in [2.24, 2.45) is 17.3 Å². The molecule has 0 bridgehead atoms. The molecular formula is C23H28O5. The minimum Gasteiger partial charge on any atom is -0.508 e. The van der Waals surface area contributed by atoms with Gasteiger partial charge in [-0.15, -0.1) is 0 Å². The Morgan fingerprint density at radius 1 is 1.07 bits per heavy atom. The molecule has 1 aromatic carbocycles. The van der Waals surface area contributed by atoms with E-state index < -0.39 is 23.3 Å². The van der Waals surface area contributed by atoms with E-state index in [1.165, 1.54) is 0 Å². The lowest BCUT2D eigenvalue weighted by Crippen LogP contribution is -2.47. The number of benzene rings is 1. The van der Waals surface area contributed by atoms with Gasteiger partial charge in [-0.25, -0.2) is 4.79 Å². The average molecular weight is 384 g/mol. The molecule has 0 saturated heterocycles. The summed E-state index contributed by atoms with van der Waals surface area (Å²) in [5.41, 5.74) is 1.74. The number of carboxylic acids is 2. The molecule has 5 nitrogen and oxygen atoms in total. The van der Waals surface area contributed by atoms with Crippen LogP contribution in [0.4, 0.5) is 0 Å². The Balaban J connectivity index is 2.29. The molecule has 5 heteroatoms. The van der Waals surface area contributed by atoms with Crippen molar-refractivity contribution in [3.05, 3.63) is 46.5 Å². The molecule has 2 unspecified atom stereocenters. The Bertz CT molecular complexity index is 873. The fraction of sp³-hybridized carbons (Fsp3) is 0.478. The van der Waals surface area contributed by atoms with Crippen LogP contribution in [0, 0.1) is 24.2 Å². The van der Waals surface area contributed by atoms with Crippen LogP contribution in [-0.2, 0) is 9.59 Å². The molecule has 2 aliphatic rings. The van der Waals surface area contributed by atoms with Crippen LogP contribution in [0.25, 0.3) is 5.57 Å². The molecule has 1 fully saturated rings. The molecule has 0 heterocycles. The van der Waals surface area contributed by atoms with E-state index in [4.69, 9.17) is 0 Å². The van der Waals surface area contributed by atoms with Crippen molar-refractivity contribution in [3.63, 3.8) is 0 Å². The molecule has 150 valence electrons. The SMILES string of the molecule is CC1=C(C(=O)O)C(C)C(C(=O)O)(C2CCCCC2)C=C1c1ccc(O)cc1C. The van der Waals surface area contributed by atoms with E-state index in [9.17, 15) is 24.9 Å². The second-order valence-corrected chi connectivity index (χ2v) is 8.20. The standard InChI is InChI=1S/C23H28O5/c1-13-11-17(24)9-10-18(13)19-12-23(22(27)28,16-7-5-4-6-8-16)15(3)20(14(19)2)21(25)26/h9-12,15-16,24H,4-8H2,1-3H3,(H,25,26)(H,27,28). The lowest BCUT2D eigenvalue weighted by molar-refractivity contribution is -0.153. The highest BCUT2D eigenvalue weighted by Gasteiger charge is 2.53. The molecule has 1 aromatic rings. The van der Waals surface area contributed by atoms with Crippen molar-refractivity contribution < 1.29 is 24.9 Å². The third-order valence-corrected chi connectivity index (χ3v) is 6.72. The Hall–Kier alpha value is -2.56. The first-order valence-electron chi connectivity index (χ1n) is 9.90. The monoisotopic (exact) mass is 384 g/mol. The van der Waals surface area contributed by atoms with Gasteiger partial charge < -0.3 is 15.3 Å². The number of aliphatic carboxylic acids is 2. The first-order valence-corrected chi connectivity index (χ1v) is 9.90. The Morgan fingerprint density at radius 3 is 2.25 bits per heavy atom. The van der Waals surface area contributed by atoms with Crippen LogP contribution < -0.4 is 0 Å². The molecule has 0 aromatic heterocycles. The fourth-order valence-electron chi connectivity index (χ4n) is 5.23. The van der Waals surface area contributed by atoms with E-state index in [-0.39, 0.29) is 17.2 Å². The molecule has 0 radical (unpaired) electrons. The van der Waals surface area contributed by atoms with Gasteiger partial charge in [0.25, 0.3) is 0 Å². The minimum atomic E-state index is -1.24. The Morgan fingerprint density at radius 2 is 1.71 bits per heavy atom. The predicted molar refractivity (Wildman–Crippen MR) is 107 cm³/mol. The zero-order chi connectivity index (χ0) is 20.6. The van der Waals surface area contributed by atoms with Crippen LogP contribution in [0.15, 0.2) is 35.4 Å². The van der Waals surface area contributed by atoms with Crippen LogP contribution in [0.3, 0.4) is 0 Å². The highest BCUT2D eigenvalue weighted by molar-refractivity contribution is 5.99. The second-order valence-electron chi connectivity index (χ2n) is 8.20. The lowest BCUT2D eigenvalue weighted by atomic mass is 9.57. The zero-order valence-corrected chi connectivity index (χ0v) is 16.7. The van der Waals surface area contributed by atoms with Gasteiger partial charge in [0.05, 0.1) is 5.41 Å². The number of phenols is 1. The Labute approximate surface area is 165 Å². The van der Waals surface area contributed by atoms with Gasteiger partial charge in [-0.1, -0.05) is 38.3 Å². The first-order chi connectivity index (χ1) is 13.2. The van der Waals surface area contributed by atoms with Gasteiger partial charge in [0.1, 0.15) is 5.75 Å². The number of aromatic hydroxyl groups is 1. The normalized spacial score (nSPS) is 26.1. The molecule has 0 aliphatic heterocycles. The molecule has 3 rings (SSSR count). The number of hydrogen-bond acceptors (Lipinski definition) is 3. The maximum atomic E-state index is 12.7. The topological polar surface area (TPSA) is 94.8 Å². The van der Waals surface area contributed by atoms with E-state index >= 15 is 0 Å². The Kier molecular flexibility index (Phi) is 5.37. The number of rotatable bonds is 4. The number of carboxylic acid groups (broad SMARTS) is 2. The summed E-state index contributed by atoms with van der Waals surface area (Å²) in [7, 11) is 0. The van der Waals surface area contributed by atoms with E-state index in [1.807, 2.05) is 13.0 Å². The summed E-state index contributed by atoms with van der Waals surface area (Å²) in [6.07, 6.45) is 6.44. The van der Waals surface area contributed by atoms with Gasteiger partial charge in [-0.05, 0) is 67.0 Å². The maximum Gasteiger partial charge on any atom is 0.332 e. The van der Waals surface area contributed by atoms with Crippen LogP contribution >= 0.6 is 0 Å². The van der Waals surface area contributed by atoms with Gasteiger partial charge in [0.15, 0.2) is 0 Å². The number of phenolic OH excluding ortho intramolecular Hbond substituents is 1. The lowest BCUT2D eigenvalue weighted by Gasteiger charge is -2.45. The van der Waals surface area contributed by atoms with Gasteiger partial charge in [-0.3, -0.25) is 4.79 Å². The van der Waals surface area contributed by atoms with E-state index in [1.54, 1.807) is 32.0 Å². The number of hydrogen-bond donors (Lipinski definition) is 3. The van der Waals surface area contributed by atoms with E-state index in [0.29, 0.717) is 11.1 Å². The van der Waals surface area contributed by atoms with Crippen molar-refractivity contribution >= 4 is 17.5 Å². The number of aryl methyl sites for hydroxylation is 1. The zero-order valence-electron chi connectivity index (χ0n) is 16.7. The van der Waals surface area contributed by atoms with E-state index in [0.717, 1.165) is 43.2 Å². The number of carbonyl (C=O) groups is 2. The fourth-order valence-corrected chi connectivity index (χ4v) is 5.23. The van der Waals surface area contributed by atoms with Crippen LogP contribution in [0.2, 0.25) is 0 Å². The predicted octanol–water partition coefficient (Wildman–Crippen LogP) is 4.79. The molecule has 1 saturated carbocycles. The van der Waals surface area contributed by atoms with Gasteiger partial charge in [-0.2, -0.15) is 0 Å². The molecule has 0 spiro atoms. The maximum absolute atomic E-state index is 12.7. The minimum absolute atomic E-state index is 0.0939. The molecular weight excluding hydrogens is 356 g/mol. The summed E-state index contributed by atoms with van der Waals surface area (Å²) >= 11 is 0. The molecule has 28 heavy (non-hydrogen) atoms. The largest absolute Gasteiger partial charge is 0.508 e. The van der Waals surface area contributed by atoms with Gasteiger partial charge in [0, 0.05) is 11.5 Å². The second kappa shape index (κ2) is 7.46. The molecule has 3 N–H and O–H groups in total. The summed E-state index contributed by atoms with van der Waals surface area (Å²) in [6.45, 7) is 5.34. The summed E-state index contributed by atoms with van der Waals surface area (Å²) in [6, 6.07) is 4.91. The third kappa shape index (κ3) is 3.13. The summed E-state index contributed by atoms with van der Waals surface area (Å²) in [4.78, 5) is 24.8. The van der Waals surface area contributed by atoms with Crippen molar-refractivity contribution in [1.82, 2.24) is 0 Å². The summed E-state index contributed by atoms with van der Waals surface area (Å²) in [5, 5.41) is 30.1. The van der Waals surface area contributed by atoms with Crippen LogP contribution in [0.5, 0.6) is 5.75 Å². The van der Waals surface area contributed by atoms with Crippen molar-refractivity contribution in [2.75, 3.05) is 0 Å². The molecule has 2 aliphatic carbocycles. The van der Waals surface area contributed by atoms with E-state index in [2.05, 4.69) is 0 Å². The molecule has 0 amide bonds. The van der Waals surface area contributed by atoms with Crippen molar-refractivity contribution in [2.45, 2.75) is 52.9 Å². The van der Waals surface area contributed by atoms with Gasteiger partial charge in [0.2, 0.25) is 0 Å². The quantitative estimate of drug-likeness (QED) is 0.694. The summed E-state index contributed by atoms with van der Waals surface area (Å²) < 4.78 is 0. The summed E-state index contributed by atoms with van der Waals surface area (Å²) in [5.74, 6) is -2.60. The van der Waals surface area contributed by atoms with Gasteiger partial charge >= 0.3 is 11.9 Å². The highest BCUT2D eigenvalue weighted by atomic mass is 16.4. The average Bonchev–Trinajstić information content (AvgIpc) is 2.63. The van der Waals surface area contributed by atoms with Crippen LogP contribution in [0.1, 0.15) is 57.1 Å². The smallest absolute Gasteiger partial charge is 0.332 e. The number of allylic oxidation sites excluding steroid dienone is 2. The molecule has 2 atom stereocenters. The van der Waals surface area contributed by atoms with Crippen molar-refractivity contribution in [1.29, 1.82) is 0 Å². The van der Waals surface area contributed by atoms with Crippen LogP contribution in [-0.4, -0.2) is 27.3 Å². The van der Waals surface area contributed by atoms with Crippen molar-refractivity contribution in [3.8, 4) is 5.75 Å². The third-order valence-electron chi connectivity index (χ3n) is 6.72. The highest BCUT2D eigenvalue weighted by Crippen LogP contribution is 2.53. The first kappa shape index (κ1) is 20.2.